The number of rotatable bonds is 5. The number of aryl methyl sites for hydroxylation is 1. The zero-order valence-electron chi connectivity index (χ0n) is 14.9. The van der Waals surface area contributed by atoms with Crippen LogP contribution in [0.25, 0.3) is 0 Å². The molecule has 0 aromatic heterocycles. The quantitative estimate of drug-likeness (QED) is 0.712. The van der Waals surface area contributed by atoms with Gasteiger partial charge in [0, 0.05) is 11.3 Å². The van der Waals surface area contributed by atoms with Crippen LogP contribution in [0.15, 0.2) is 30.3 Å². The van der Waals surface area contributed by atoms with Gasteiger partial charge < -0.3 is 14.8 Å². The van der Waals surface area contributed by atoms with Crippen molar-refractivity contribution in [2.24, 2.45) is 0 Å². The van der Waals surface area contributed by atoms with E-state index in [-0.39, 0.29) is 22.1 Å². The van der Waals surface area contributed by atoms with Gasteiger partial charge in [-0.15, -0.1) is 0 Å². The third-order valence-corrected chi connectivity index (χ3v) is 4.29. The standard InChI is InChI=1S/C19H19Cl2NO4/c1-10(2)26-16-9-12(8-15(20)17(16)21)18(23)22-13-5-6-14(11(3)7-13)19(24)25-4/h5-10H,1-4H3,(H,22,23). The molecule has 2 aromatic rings. The number of methoxy groups -OCH3 is 1. The topological polar surface area (TPSA) is 64.6 Å². The van der Waals surface area contributed by atoms with E-state index < -0.39 is 5.97 Å². The Morgan fingerprint density at radius 1 is 1.12 bits per heavy atom. The number of nitrogens with one attached hydrogen (secondary N) is 1. The van der Waals surface area contributed by atoms with E-state index in [1.165, 1.54) is 13.2 Å². The lowest BCUT2D eigenvalue weighted by atomic mass is 10.1. The molecule has 5 nitrogen and oxygen atoms in total. The van der Waals surface area contributed by atoms with Crippen molar-refractivity contribution in [3.8, 4) is 5.75 Å². The van der Waals surface area contributed by atoms with Gasteiger partial charge in [0.2, 0.25) is 0 Å². The minimum atomic E-state index is -0.430. The minimum Gasteiger partial charge on any atom is -0.489 e. The zero-order chi connectivity index (χ0) is 19.4. The van der Waals surface area contributed by atoms with Gasteiger partial charge in [0.15, 0.2) is 0 Å². The van der Waals surface area contributed by atoms with Crippen LogP contribution in [0, 0.1) is 6.92 Å². The van der Waals surface area contributed by atoms with E-state index in [2.05, 4.69) is 5.32 Å². The molecule has 0 aliphatic rings. The Bertz CT molecular complexity index is 850. The summed E-state index contributed by atoms with van der Waals surface area (Å²) in [5.41, 5.74) is 1.97. The first-order chi connectivity index (χ1) is 12.2. The van der Waals surface area contributed by atoms with Crippen LogP contribution in [-0.4, -0.2) is 25.1 Å². The average Bonchev–Trinajstić information content (AvgIpc) is 2.57. The molecule has 0 bridgehead atoms. The normalized spacial score (nSPS) is 10.6. The summed E-state index contributed by atoms with van der Waals surface area (Å²) in [5, 5.41) is 3.25. The lowest BCUT2D eigenvalue weighted by Gasteiger charge is -2.14. The van der Waals surface area contributed by atoms with E-state index in [4.69, 9.17) is 32.7 Å². The number of carbonyl (C=O) groups excluding carboxylic acids is 2. The molecular formula is C19H19Cl2NO4. The number of carbonyl (C=O) groups is 2. The van der Waals surface area contributed by atoms with Gasteiger partial charge in [-0.3, -0.25) is 4.79 Å². The van der Waals surface area contributed by atoms with Gasteiger partial charge in [0.1, 0.15) is 10.8 Å². The molecule has 26 heavy (non-hydrogen) atoms. The van der Waals surface area contributed by atoms with Crippen molar-refractivity contribution in [1.82, 2.24) is 0 Å². The summed E-state index contributed by atoms with van der Waals surface area (Å²) in [5.74, 6) is -0.459. The maximum absolute atomic E-state index is 12.5. The number of halogens is 2. The van der Waals surface area contributed by atoms with Gasteiger partial charge in [-0.2, -0.15) is 0 Å². The fourth-order valence-electron chi connectivity index (χ4n) is 2.32. The molecule has 1 N–H and O–H groups in total. The molecule has 0 fully saturated rings. The van der Waals surface area contributed by atoms with Crippen molar-refractivity contribution in [1.29, 1.82) is 0 Å². The maximum Gasteiger partial charge on any atom is 0.338 e. The van der Waals surface area contributed by atoms with Gasteiger partial charge in [-0.25, -0.2) is 4.79 Å². The summed E-state index contributed by atoms with van der Waals surface area (Å²) < 4.78 is 10.3. The van der Waals surface area contributed by atoms with Crippen molar-refractivity contribution < 1.29 is 19.1 Å². The van der Waals surface area contributed by atoms with E-state index in [9.17, 15) is 9.59 Å². The highest BCUT2D eigenvalue weighted by Crippen LogP contribution is 2.34. The first kappa shape index (κ1) is 20.1. The molecule has 0 spiro atoms. The van der Waals surface area contributed by atoms with Crippen LogP contribution in [0.1, 0.15) is 40.1 Å². The summed E-state index contributed by atoms with van der Waals surface area (Å²) in [6.07, 6.45) is -0.115. The Hall–Kier alpha value is -2.24. The second-order valence-electron chi connectivity index (χ2n) is 5.91. The summed E-state index contributed by atoms with van der Waals surface area (Å²) in [6.45, 7) is 5.46. The van der Waals surface area contributed by atoms with Crippen LogP contribution in [0.4, 0.5) is 5.69 Å². The zero-order valence-corrected chi connectivity index (χ0v) is 16.4. The van der Waals surface area contributed by atoms with E-state index in [1.807, 2.05) is 13.8 Å². The summed E-state index contributed by atoms with van der Waals surface area (Å²) in [7, 11) is 1.32. The number of amides is 1. The fourth-order valence-corrected chi connectivity index (χ4v) is 2.68. The molecule has 0 saturated heterocycles. The van der Waals surface area contributed by atoms with Crippen LogP contribution in [-0.2, 0) is 4.74 Å². The summed E-state index contributed by atoms with van der Waals surface area (Å²) in [6, 6.07) is 7.92. The van der Waals surface area contributed by atoms with Crippen molar-refractivity contribution in [2.45, 2.75) is 26.9 Å². The Morgan fingerprint density at radius 3 is 2.38 bits per heavy atom. The predicted octanol–water partition coefficient (Wildman–Crippen LogP) is 5.13. The molecule has 0 saturated carbocycles. The van der Waals surface area contributed by atoms with Crippen molar-refractivity contribution in [3.63, 3.8) is 0 Å². The second-order valence-corrected chi connectivity index (χ2v) is 6.70. The second kappa shape index (κ2) is 8.43. The maximum atomic E-state index is 12.5. The van der Waals surface area contributed by atoms with E-state index >= 15 is 0 Å². The summed E-state index contributed by atoms with van der Waals surface area (Å²) in [4.78, 5) is 24.2. The van der Waals surface area contributed by atoms with Crippen LogP contribution >= 0.6 is 23.2 Å². The predicted molar refractivity (Wildman–Crippen MR) is 103 cm³/mol. The number of hydrogen-bond donors (Lipinski definition) is 1. The highest BCUT2D eigenvalue weighted by molar-refractivity contribution is 6.43. The first-order valence-electron chi connectivity index (χ1n) is 7.89. The van der Waals surface area contributed by atoms with Gasteiger partial charge in [0.05, 0.1) is 23.8 Å². The number of anilines is 1. The Labute approximate surface area is 162 Å². The Balaban J connectivity index is 2.26. The van der Waals surface area contributed by atoms with Crippen LogP contribution in [0.2, 0.25) is 10.0 Å². The lowest BCUT2D eigenvalue weighted by Crippen LogP contribution is -2.14. The molecule has 2 rings (SSSR count). The third kappa shape index (κ3) is 4.68. The van der Waals surface area contributed by atoms with E-state index in [0.29, 0.717) is 28.1 Å². The highest BCUT2D eigenvalue weighted by Gasteiger charge is 2.16. The molecule has 0 unspecified atom stereocenters. The lowest BCUT2D eigenvalue weighted by molar-refractivity contribution is 0.0600. The molecule has 138 valence electrons. The van der Waals surface area contributed by atoms with Crippen molar-refractivity contribution in [2.75, 3.05) is 12.4 Å². The minimum absolute atomic E-state index is 0.115. The molecule has 0 aliphatic carbocycles. The first-order valence-corrected chi connectivity index (χ1v) is 8.64. The van der Waals surface area contributed by atoms with E-state index in [1.54, 1.807) is 31.2 Å². The number of esters is 1. The Kier molecular flexibility index (Phi) is 6.51. The number of ether oxygens (including phenoxy) is 2. The molecule has 0 aliphatic heterocycles. The summed E-state index contributed by atoms with van der Waals surface area (Å²) >= 11 is 12.2. The monoisotopic (exact) mass is 395 g/mol. The number of benzene rings is 2. The molecule has 0 atom stereocenters. The third-order valence-electron chi connectivity index (χ3n) is 3.51. The average molecular weight is 396 g/mol. The van der Waals surface area contributed by atoms with Crippen molar-refractivity contribution in [3.05, 3.63) is 57.1 Å². The van der Waals surface area contributed by atoms with Crippen LogP contribution < -0.4 is 10.1 Å². The fraction of sp³-hybridized carbons (Fsp3) is 0.263. The van der Waals surface area contributed by atoms with Crippen LogP contribution in [0.3, 0.4) is 0 Å². The van der Waals surface area contributed by atoms with Crippen molar-refractivity contribution >= 4 is 40.8 Å². The molecule has 0 radical (unpaired) electrons. The molecule has 2 aromatic carbocycles. The van der Waals surface area contributed by atoms with Crippen LogP contribution in [0.5, 0.6) is 5.75 Å². The smallest absolute Gasteiger partial charge is 0.338 e. The molecule has 7 heteroatoms. The van der Waals surface area contributed by atoms with Gasteiger partial charge >= 0.3 is 5.97 Å². The number of hydrogen-bond acceptors (Lipinski definition) is 4. The largest absolute Gasteiger partial charge is 0.489 e. The molecule has 0 heterocycles. The SMILES string of the molecule is COC(=O)c1ccc(NC(=O)c2cc(Cl)c(Cl)c(OC(C)C)c2)cc1C. The molecular weight excluding hydrogens is 377 g/mol. The van der Waals surface area contributed by atoms with Gasteiger partial charge in [0.25, 0.3) is 5.91 Å². The van der Waals surface area contributed by atoms with Gasteiger partial charge in [-0.05, 0) is 56.7 Å². The molecule has 1 amide bonds. The van der Waals surface area contributed by atoms with E-state index in [0.717, 1.165) is 0 Å². The highest BCUT2D eigenvalue weighted by atomic mass is 35.5. The Morgan fingerprint density at radius 2 is 1.81 bits per heavy atom. The van der Waals surface area contributed by atoms with Gasteiger partial charge in [-0.1, -0.05) is 23.2 Å².